The number of hydrogen-bond donors (Lipinski definition) is 2. The number of carbonyl (C=O) groups is 2. The zero-order valence-electron chi connectivity index (χ0n) is 18.4. The predicted octanol–water partition coefficient (Wildman–Crippen LogP) is 4.84. The number of anilines is 3. The molecule has 0 aliphatic carbocycles. The van der Waals surface area contributed by atoms with Gasteiger partial charge in [0.05, 0.1) is 5.69 Å². The fourth-order valence-electron chi connectivity index (χ4n) is 3.25. The van der Waals surface area contributed by atoms with Crippen LogP contribution in [0.1, 0.15) is 26.3 Å². The first-order chi connectivity index (χ1) is 14.6. The monoisotopic (exact) mass is 428 g/mol. The molecule has 166 valence electrons. The summed E-state index contributed by atoms with van der Waals surface area (Å²) in [6.45, 7) is 9.95. The minimum Gasteiger partial charge on any atom is -0.444 e. The fraction of sp³-hybridized carbons (Fsp3) is 0.391. The highest BCUT2D eigenvalue weighted by Gasteiger charge is 2.25. The third-order valence-electron chi connectivity index (χ3n) is 4.79. The number of ether oxygens (including phenoxy) is 1. The van der Waals surface area contributed by atoms with Crippen LogP contribution in [0.3, 0.4) is 0 Å². The van der Waals surface area contributed by atoms with Gasteiger partial charge in [0.2, 0.25) is 0 Å². The maximum atomic E-state index is 13.8. The second-order valence-corrected chi connectivity index (χ2v) is 8.56. The van der Waals surface area contributed by atoms with Gasteiger partial charge in [-0.05, 0) is 69.7 Å². The number of nitrogens with one attached hydrogen (secondary N) is 2. The van der Waals surface area contributed by atoms with Crippen LogP contribution in [0.5, 0.6) is 0 Å². The number of halogens is 1. The number of rotatable bonds is 3. The topological polar surface area (TPSA) is 73.9 Å². The highest BCUT2D eigenvalue weighted by molar-refractivity contribution is 5.99. The van der Waals surface area contributed by atoms with Gasteiger partial charge < -0.3 is 25.2 Å². The van der Waals surface area contributed by atoms with E-state index in [-0.39, 0.29) is 11.8 Å². The average molecular weight is 429 g/mol. The van der Waals surface area contributed by atoms with E-state index in [4.69, 9.17) is 4.74 Å². The molecule has 1 aliphatic heterocycles. The molecule has 7 nitrogen and oxygen atoms in total. The molecule has 0 spiro atoms. The Hall–Kier alpha value is -3.29. The van der Waals surface area contributed by atoms with E-state index in [0.29, 0.717) is 31.9 Å². The summed E-state index contributed by atoms with van der Waals surface area (Å²) in [7, 11) is 0. The molecule has 0 radical (unpaired) electrons. The number of benzene rings is 2. The lowest BCUT2D eigenvalue weighted by Gasteiger charge is -2.36. The van der Waals surface area contributed by atoms with Crippen molar-refractivity contribution < 1.29 is 18.7 Å². The molecular weight excluding hydrogens is 399 g/mol. The quantitative estimate of drug-likeness (QED) is 0.734. The minimum absolute atomic E-state index is 0.136. The van der Waals surface area contributed by atoms with Gasteiger partial charge in [0.1, 0.15) is 11.4 Å². The van der Waals surface area contributed by atoms with Gasteiger partial charge in [0, 0.05) is 37.6 Å². The van der Waals surface area contributed by atoms with Gasteiger partial charge in [0.25, 0.3) is 0 Å². The highest BCUT2D eigenvalue weighted by Crippen LogP contribution is 2.21. The first-order valence-corrected chi connectivity index (χ1v) is 10.3. The maximum Gasteiger partial charge on any atom is 0.410 e. The van der Waals surface area contributed by atoms with E-state index >= 15 is 0 Å². The number of carbonyl (C=O) groups excluding carboxylic acids is 2. The minimum atomic E-state index is -0.511. The van der Waals surface area contributed by atoms with E-state index in [1.807, 2.05) is 39.8 Å². The summed E-state index contributed by atoms with van der Waals surface area (Å²) in [6, 6.07) is 11.4. The molecule has 2 N–H and O–H groups in total. The predicted molar refractivity (Wildman–Crippen MR) is 120 cm³/mol. The van der Waals surface area contributed by atoms with Gasteiger partial charge in [-0.2, -0.15) is 0 Å². The lowest BCUT2D eigenvalue weighted by atomic mass is 10.2. The second-order valence-electron chi connectivity index (χ2n) is 8.56. The molecule has 2 aromatic rings. The Morgan fingerprint density at radius 1 is 0.968 bits per heavy atom. The Bertz CT molecular complexity index is 933. The Labute approximate surface area is 182 Å². The Morgan fingerprint density at radius 3 is 2.23 bits per heavy atom. The zero-order valence-corrected chi connectivity index (χ0v) is 18.4. The molecule has 0 aromatic heterocycles. The molecule has 8 heteroatoms. The number of urea groups is 1. The summed E-state index contributed by atoms with van der Waals surface area (Å²) >= 11 is 0. The molecule has 0 saturated carbocycles. The van der Waals surface area contributed by atoms with Crippen molar-refractivity contribution in [2.45, 2.75) is 33.3 Å². The first kappa shape index (κ1) is 22.4. The van der Waals surface area contributed by atoms with Crippen molar-refractivity contribution >= 4 is 29.2 Å². The molecule has 0 bridgehead atoms. The van der Waals surface area contributed by atoms with Crippen LogP contribution in [0.2, 0.25) is 0 Å². The maximum absolute atomic E-state index is 13.8. The summed E-state index contributed by atoms with van der Waals surface area (Å²) in [5.74, 6) is -0.485. The van der Waals surface area contributed by atoms with Gasteiger partial charge in [-0.1, -0.05) is 6.07 Å². The third kappa shape index (κ3) is 6.34. The van der Waals surface area contributed by atoms with Gasteiger partial charge in [0.15, 0.2) is 0 Å². The average Bonchev–Trinajstić information content (AvgIpc) is 2.70. The van der Waals surface area contributed by atoms with Crippen LogP contribution >= 0.6 is 0 Å². The van der Waals surface area contributed by atoms with Crippen LogP contribution < -0.4 is 15.5 Å². The largest absolute Gasteiger partial charge is 0.444 e. The van der Waals surface area contributed by atoms with Crippen molar-refractivity contribution in [3.05, 3.63) is 53.8 Å². The van der Waals surface area contributed by atoms with E-state index in [1.165, 1.54) is 6.07 Å². The van der Waals surface area contributed by atoms with Crippen molar-refractivity contribution in [2.24, 2.45) is 0 Å². The lowest BCUT2D eigenvalue weighted by Crippen LogP contribution is -2.50. The van der Waals surface area contributed by atoms with Gasteiger partial charge in [-0.15, -0.1) is 0 Å². The molecule has 1 heterocycles. The van der Waals surface area contributed by atoms with E-state index in [0.717, 1.165) is 11.3 Å². The Morgan fingerprint density at radius 2 is 1.61 bits per heavy atom. The molecule has 1 saturated heterocycles. The molecule has 3 rings (SSSR count). The third-order valence-corrected chi connectivity index (χ3v) is 4.79. The lowest BCUT2D eigenvalue weighted by molar-refractivity contribution is 0.0240. The van der Waals surface area contributed by atoms with Gasteiger partial charge in [-0.25, -0.2) is 14.0 Å². The summed E-state index contributed by atoms with van der Waals surface area (Å²) < 4.78 is 19.2. The standard InChI is InChI=1S/C23H29FN4O3/c1-16-5-10-19(24)20(15-16)26-21(29)25-17-6-8-18(9-7-17)27-11-13-28(14-12-27)22(30)31-23(2,3)4/h5-10,15H,11-14H2,1-4H3,(H2,25,26,29). The molecule has 0 unspecified atom stereocenters. The van der Waals surface area contributed by atoms with E-state index in [2.05, 4.69) is 15.5 Å². The van der Waals surface area contributed by atoms with Crippen molar-refractivity contribution in [3.8, 4) is 0 Å². The summed E-state index contributed by atoms with van der Waals surface area (Å²) in [6.07, 6.45) is -0.289. The van der Waals surface area contributed by atoms with Gasteiger partial charge in [-0.3, -0.25) is 0 Å². The number of nitrogens with zero attached hydrogens (tertiary/aromatic N) is 2. The first-order valence-electron chi connectivity index (χ1n) is 10.3. The van der Waals surface area contributed by atoms with Crippen LogP contribution in [0.15, 0.2) is 42.5 Å². The fourth-order valence-corrected chi connectivity index (χ4v) is 3.25. The van der Waals surface area contributed by atoms with E-state index in [9.17, 15) is 14.0 Å². The molecule has 1 fully saturated rings. The number of hydrogen-bond acceptors (Lipinski definition) is 4. The SMILES string of the molecule is Cc1ccc(F)c(NC(=O)Nc2ccc(N3CCN(C(=O)OC(C)(C)C)CC3)cc2)c1. The molecule has 3 amide bonds. The zero-order chi connectivity index (χ0) is 22.6. The smallest absolute Gasteiger partial charge is 0.410 e. The van der Waals surface area contributed by atoms with Crippen LogP contribution in [0.4, 0.5) is 31.0 Å². The van der Waals surface area contributed by atoms with Crippen LogP contribution in [0, 0.1) is 12.7 Å². The summed E-state index contributed by atoms with van der Waals surface area (Å²) in [5.41, 5.74) is 2.08. The Balaban J connectivity index is 1.52. The summed E-state index contributed by atoms with van der Waals surface area (Å²) in [4.78, 5) is 28.3. The number of aryl methyl sites for hydroxylation is 1. The van der Waals surface area contributed by atoms with Crippen molar-refractivity contribution in [2.75, 3.05) is 41.7 Å². The molecule has 1 aliphatic rings. The van der Waals surface area contributed by atoms with Crippen molar-refractivity contribution in [3.63, 3.8) is 0 Å². The van der Waals surface area contributed by atoms with Gasteiger partial charge >= 0.3 is 12.1 Å². The van der Waals surface area contributed by atoms with Crippen LogP contribution in [0.25, 0.3) is 0 Å². The number of amides is 3. The molecule has 31 heavy (non-hydrogen) atoms. The van der Waals surface area contributed by atoms with Crippen LogP contribution in [-0.4, -0.2) is 48.8 Å². The van der Waals surface area contributed by atoms with Crippen molar-refractivity contribution in [1.82, 2.24) is 4.90 Å². The number of piperazine rings is 1. The molecule has 0 atom stereocenters. The normalized spacial score (nSPS) is 14.2. The second kappa shape index (κ2) is 9.24. The molecular formula is C23H29FN4O3. The van der Waals surface area contributed by atoms with Crippen molar-refractivity contribution in [1.29, 1.82) is 0 Å². The Kier molecular flexibility index (Phi) is 6.68. The van der Waals surface area contributed by atoms with E-state index in [1.54, 1.807) is 29.2 Å². The van der Waals surface area contributed by atoms with E-state index < -0.39 is 17.4 Å². The summed E-state index contributed by atoms with van der Waals surface area (Å²) in [5, 5.41) is 5.23. The molecule has 2 aromatic carbocycles. The highest BCUT2D eigenvalue weighted by atomic mass is 19.1. The van der Waals surface area contributed by atoms with Crippen LogP contribution in [-0.2, 0) is 4.74 Å².